The molecule has 0 atom stereocenters. The molecule has 0 aromatic heterocycles. The Bertz CT molecular complexity index is 569. The maximum absolute atomic E-state index is 11.3. The van der Waals surface area contributed by atoms with Crippen molar-refractivity contribution >= 4 is 23.0 Å². The largest absolute Gasteiger partial charge is 0.314 e. The molecule has 19 heavy (non-hydrogen) atoms. The summed E-state index contributed by atoms with van der Waals surface area (Å²) in [7, 11) is 0. The molecule has 0 aliphatic rings. The number of nitro groups is 2. The standard InChI is InChI=1S/C10H8N4O5/c1-6-4-7(13(16)17)10(8(5-6)14(18)19)12-9(15)2-3-11/h4-5H,2H2,1H3,(H,12,15). The van der Waals surface area contributed by atoms with Crippen molar-refractivity contribution in [1.29, 1.82) is 5.26 Å². The predicted octanol–water partition coefficient (Wildman–Crippen LogP) is 1.66. The van der Waals surface area contributed by atoms with Crippen molar-refractivity contribution in [3.8, 4) is 6.07 Å². The van der Waals surface area contributed by atoms with E-state index in [1.54, 1.807) is 6.07 Å². The van der Waals surface area contributed by atoms with E-state index in [0.29, 0.717) is 5.56 Å². The van der Waals surface area contributed by atoms with Gasteiger partial charge < -0.3 is 5.32 Å². The number of nitriles is 1. The zero-order chi connectivity index (χ0) is 14.6. The minimum absolute atomic E-state index is 0.316. The molecule has 0 fully saturated rings. The van der Waals surface area contributed by atoms with Crippen LogP contribution in [-0.2, 0) is 4.79 Å². The fraction of sp³-hybridized carbons (Fsp3) is 0.200. The zero-order valence-corrected chi connectivity index (χ0v) is 9.74. The number of hydrogen-bond acceptors (Lipinski definition) is 6. The monoisotopic (exact) mass is 264 g/mol. The normalized spacial score (nSPS) is 9.47. The van der Waals surface area contributed by atoms with Gasteiger partial charge in [-0.15, -0.1) is 0 Å². The van der Waals surface area contributed by atoms with Crippen molar-refractivity contribution in [3.63, 3.8) is 0 Å². The highest BCUT2D eigenvalue weighted by atomic mass is 16.6. The van der Waals surface area contributed by atoms with Crippen LogP contribution in [-0.4, -0.2) is 15.8 Å². The number of nitrogens with zero attached hydrogens (tertiary/aromatic N) is 3. The summed E-state index contributed by atoms with van der Waals surface area (Å²) in [5, 5.41) is 32.1. The SMILES string of the molecule is Cc1cc([N+](=O)[O-])c(NC(=O)CC#N)c([N+](=O)[O-])c1. The second-order valence-corrected chi connectivity index (χ2v) is 3.58. The minimum atomic E-state index is -0.849. The van der Waals surface area contributed by atoms with Gasteiger partial charge in [0, 0.05) is 12.1 Å². The molecule has 0 radical (unpaired) electrons. The number of amides is 1. The summed E-state index contributed by atoms with van der Waals surface area (Å²) < 4.78 is 0. The van der Waals surface area contributed by atoms with Gasteiger partial charge in [0.15, 0.2) is 5.69 Å². The Balaban J connectivity index is 3.40. The number of carbonyl (C=O) groups excluding carboxylic acids is 1. The maximum atomic E-state index is 11.3. The first kappa shape index (κ1) is 14.0. The van der Waals surface area contributed by atoms with Crippen molar-refractivity contribution in [1.82, 2.24) is 0 Å². The highest BCUT2D eigenvalue weighted by Crippen LogP contribution is 2.35. The van der Waals surface area contributed by atoms with Crippen molar-refractivity contribution < 1.29 is 14.6 Å². The smallest absolute Gasteiger partial charge is 0.300 e. The van der Waals surface area contributed by atoms with Crippen LogP contribution in [0.15, 0.2) is 12.1 Å². The number of rotatable bonds is 4. The molecule has 9 heteroatoms. The first-order chi connectivity index (χ1) is 8.86. The first-order valence-electron chi connectivity index (χ1n) is 4.97. The van der Waals surface area contributed by atoms with Crippen LogP contribution < -0.4 is 5.32 Å². The molecule has 0 unspecified atom stereocenters. The molecule has 9 nitrogen and oxygen atoms in total. The summed E-state index contributed by atoms with van der Waals surface area (Å²) in [6, 6.07) is 3.76. The average molecular weight is 264 g/mol. The van der Waals surface area contributed by atoms with Crippen molar-refractivity contribution in [2.24, 2.45) is 0 Å². The number of nitro benzene ring substituents is 2. The van der Waals surface area contributed by atoms with Gasteiger partial charge in [-0.2, -0.15) is 5.26 Å². The highest BCUT2D eigenvalue weighted by Gasteiger charge is 2.27. The third kappa shape index (κ3) is 3.22. The van der Waals surface area contributed by atoms with Gasteiger partial charge in [-0.3, -0.25) is 25.0 Å². The molecule has 0 saturated carbocycles. The van der Waals surface area contributed by atoms with Gasteiger partial charge in [0.2, 0.25) is 5.91 Å². The van der Waals surface area contributed by atoms with Gasteiger partial charge in [0.05, 0.1) is 15.9 Å². The Morgan fingerprint density at radius 3 is 2.16 bits per heavy atom. The number of anilines is 1. The summed E-state index contributed by atoms with van der Waals surface area (Å²) in [4.78, 5) is 31.3. The van der Waals surface area contributed by atoms with Crippen LogP contribution in [0.2, 0.25) is 0 Å². The lowest BCUT2D eigenvalue weighted by atomic mass is 10.1. The molecule has 1 aromatic carbocycles. The van der Waals surface area contributed by atoms with Crippen LogP contribution in [0.1, 0.15) is 12.0 Å². The van der Waals surface area contributed by atoms with E-state index in [0.717, 1.165) is 12.1 Å². The Labute approximate surface area is 106 Å². The van der Waals surface area contributed by atoms with Gasteiger partial charge in [0.25, 0.3) is 11.4 Å². The van der Waals surface area contributed by atoms with Crippen molar-refractivity contribution in [2.75, 3.05) is 5.32 Å². The van der Waals surface area contributed by atoms with E-state index in [2.05, 4.69) is 0 Å². The lowest BCUT2D eigenvalue weighted by molar-refractivity contribution is -0.392. The quantitative estimate of drug-likeness (QED) is 0.647. The number of carbonyl (C=O) groups is 1. The van der Waals surface area contributed by atoms with Gasteiger partial charge in [-0.05, 0) is 12.5 Å². The second-order valence-electron chi connectivity index (χ2n) is 3.58. The summed E-state index contributed by atoms with van der Waals surface area (Å²) in [6.07, 6.45) is -0.553. The van der Waals surface area contributed by atoms with Crippen LogP contribution in [0.25, 0.3) is 0 Å². The molecule has 0 bridgehead atoms. The van der Waals surface area contributed by atoms with Crippen LogP contribution in [0, 0.1) is 38.5 Å². The third-order valence-electron chi connectivity index (χ3n) is 2.14. The number of nitrogens with one attached hydrogen (secondary N) is 1. The first-order valence-corrected chi connectivity index (χ1v) is 4.97. The van der Waals surface area contributed by atoms with Crippen LogP contribution >= 0.6 is 0 Å². The molecule has 0 aliphatic heterocycles. The number of benzene rings is 1. The van der Waals surface area contributed by atoms with E-state index < -0.39 is 39.2 Å². The van der Waals surface area contributed by atoms with Crippen LogP contribution in [0.4, 0.5) is 17.1 Å². The van der Waals surface area contributed by atoms with Gasteiger partial charge in [-0.25, -0.2) is 0 Å². The van der Waals surface area contributed by atoms with E-state index in [1.807, 2.05) is 5.32 Å². The Morgan fingerprint density at radius 1 is 1.32 bits per heavy atom. The van der Waals surface area contributed by atoms with Gasteiger partial charge in [-0.1, -0.05) is 0 Å². The lowest BCUT2D eigenvalue weighted by Crippen LogP contribution is -2.13. The summed E-state index contributed by atoms with van der Waals surface area (Å²) in [6.45, 7) is 1.46. The Kier molecular flexibility index (Phi) is 4.10. The van der Waals surface area contributed by atoms with Gasteiger partial charge >= 0.3 is 0 Å². The molecule has 0 heterocycles. The molecule has 0 aliphatic carbocycles. The molecular weight excluding hydrogens is 256 g/mol. The number of aryl methyl sites for hydroxylation is 1. The molecule has 1 aromatic rings. The Morgan fingerprint density at radius 2 is 1.79 bits per heavy atom. The fourth-order valence-electron chi connectivity index (χ4n) is 1.42. The topological polar surface area (TPSA) is 139 Å². The number of hydrogen-bond donors (Lipinski definition) is 1. The average Bonchev–Trinajstić information content (AvgIpc) is 2.30. The highest BCUT2D eigenvalue weighted by molar-refractivity contribution is 5.97. The minimum Gasteiger partial charge on any atom is -0.314 e. The lowest BCUT2D eigenvalue weighted by Gasteiger charge is -2.06. The predicted molar refractivity (Wildman–Crippen MR) is 63.3 cm³/mol. The molecule has 1 amide bonds. The molecule has 1 N–H and O–H groups in total. The summed E-state index contributed by atoms with van der Waals surface area (Å²) >= 11 is 0. The summed E-state index contributed by atoms with van der Waals surface area (Å²) in [5.41, 5.74) is -1.37. The van der Waals surface area contributed by atoms with Crippen molar-refractivity contribution in [3.05, 3.63) is 37.9 Å². The Hall–Kier alpha value is -3.02. The molecule has 98 valence electrons. The van der Waals surface area contributed by atoms with Gasteiger partial charge in [0.1, 0.15) is 6.42 Å². The molecule has 1 rings (SSSR count). The fourth-order valence-corrected chi connectivity index (χ4v) is 1.42. The molecular formula is C10H8N4O5. The van der Waals surface area contributed by atoms with E-state index in [-0.39, 0.29) is 0 Å². The molecule has 0 saturated heterocycles. The van der Waals surface area contributed by atoms with Crippen LogP contribution in [0.3, 0.4) is 0 Å². The van der Waals surface area contributed by atoms with E-state index in [1.165, 1.54) is 6.92 Å². The van der Waals surface area contributed by atoms with Crippen molar-refractivity contribution in [2.45, 2.75) is 13.3 Å². The maximum Gasteiger partial charge on any atom is 0.300 e. The van der Waals surface area contributed by atoms with Crippen LogP contribution in [0.5, 0.6) is 0 Å². The summed E-state index contributed by atoms with van der Waals surface area (Å²) in [5.74, 6) is -0.849. The zero-order valence-electron chi connectivity index (χ0n) is 9.74. The second kappa shape index (κ2) is 5.54. The third-order valence-corrected chi connectivity index (χ3v) is 2.14. The van der Waals surface area contributed by atoms with E-state index >= 15 is 0 Å². The van der Waals surface area contributed by atoms with E-state index in [4.69, 9.17) is 5.26 Å². The molecule has 0 spiro atoms. The van der Waals surface area contributed by atoms with E-state index in [9.17, 15) is 25.0 Å².